The molecule has 0 unspecified atom stereocenters. The summed E-state index contributed by atoms with van der Waals surface area (Å²) in [7, 11) is 1.45. The number of benzene rings is 2. The fraction of sp³-hybridized carbons (Fsp3) is 0.190. The number of phenolic OH excluding ortho intramolecular Hbond substituents is 1. The lowest BCUT2D eigenvalue weighted by atomic mass is 9.86. The summed E-state index contributed by atoms with van der Waals surface area (Å²) in [4.78, 5) is 32.4. The van der Waals surface area contributed by atoms with E-state index in [0.29, 0.717) is 22.0 Å². The summed E-state index contributed by atoms with van der Waals surface area (Å²) in [6, 6.07) is 14.7. The molecule has 0 aliphatic carbocycles. The zero-order valence-electron chi connectivity index (χ0n) is 15.6. The fourth-order valence-corrected chi connectivity index (χ4v) is 4.16. The third-order valence-corrected chi connectivity index (χ3v) is 5.70. The molecule has 1 aliphatic heterocycles. The van der Waals surface area contributed by atoms with Gasteiger partial charge in [0.15, 0.2) is 16.7 Å². The summed E-state index contributed by atoms with van der Waals surface area (Å²) in [6.45, 7) is 0. The second kappa shape index (κ2) is 8.00. The number of aromatic nitrogens is 2. The van der Waals surface area contributed by atoms with E-state index < -0.39 is 5.92 Å². The van der Waals surface area contributed by atoms with Gasteiger partial charge in [-0.3, -0.25) is 9.59 Å². The second-order valence-electron chi connectivity index (χ2n) is 6.64. The number of aromatic hydroxyl groups is 1. The van der Waals surface area contributed by atoms with E-state index in [2.05, 4.69) is 15.3 Å². The Hall–Kier alpha value is -3.26. The van der Waals surface area contributed by atoms with Crippen molar-refractivity contribution >= 4 is 23.5 Å². The number of methoxy groups -OCH3 is 1. The Bertz CT molecular complexity index is 1110. The molecule has 148 valence electrons. The molecule has 2 aromatic carbocycles. The van der Waals surface area contributed by atoms with E-state index in [1.807, 2.05) is 30.3 Å². The Balaban J connectivity index is 1.68. The van der Waals surface area contributed by atoms with Crippen molar-refractivity contribution in [1.82, 2.24) is 9.97 Å². The topological polar surface area (TPSA) is 104 Å². The number of aromatic amines is 1. The number of nitrogens with zero attached hydrogens (tertiary/aromatic N) is 1. The van der Waals surface area contributed by atoms with Gasteiger partial charge in [-0.2, -0.15) is 0 Å². The van der Waals surface area contributed by atoms with Crippen LogP contribution in [0.3, 0.4) is 0 Å². The number of nitrogens with one attached hydrogen (secondary N) is 2. The summed E-state index contributed by atoms with van der Waals surface area (Å²) in [5.74, 6) is 0.516. The van der Waals surface area contributed by atoms with Crippen molar-refractivity contribution in [2.75, 3.05) is 12.4 Å². The number of thioether (sulfide) groups is 1. The highest BCUT2D eigenvalue weighted by molar-refractivity contribution is 7.98. The van der Waals surface area contributed by atoms with Crippen LogP contribution in [0.5, 0.6) is 11.5 Å². The number of H-pyrrole nitrogens is 1. The monoisotopic (exact) mass is 409 g/mol. The van der Waals surface area contributed by atoms with E-state index in [1.165, 1.54) is 24.9 Å². The number of fused-ring (bicyclic) bond motifs is 1. The highest BCUT2D eigenvalue weighted by Gasteiger charge is 2.31. The van der Waals surface area contributed by atoms with Gasteiger partial charge in [0, 0.05) is 18.1 Å². The van der Waals surface area contributed by atoms with E-state index >= 15 is 0 Å². The van der Waals surface area contributed by atoms with Crippen LogP contribution in [0, 0.1) is 0 Å². The lowest BCUT2D eigenvalue weighted by Crippen LogP contribution is -2.31. The quantitative estimate of drug-likeness (QED) is 0.441. The lowest BCUT2D eigenvalue weighted by Gasteiger charge is -2.25. The SMILES string of the molecule is COc1cc([C@H]2CC(=O)Nc3nc(SCc4ccccc4)[nH]c(=O)c32)ccc1O. The zero-order valence-corrected chi connectivity index (χ0v) is 16.5. The van der Waals surface area contributed by atoms with Gasteiger partial charge in [-0.15, -0.1) is 0 Å². The maximum atomic E-state index is 12.9. The highest BCUT2D eigenvalue weighted by Crippen LogP contribution is 2.38. The van der Waals surface area contributed by atoms with Crippen LogP contribution in [-0.2, 0) is 10.5 Å². The van der Waals surface area contributed by atoms with Crippen LogP contribution in [-0.4, -0.2) is 28.1 Å². The molecular formula is C21H19N3O4S. The maximum absolute atomic E-state index is 12.9. The molecule has 0 fully saturated rings. The van der Waals surface area contributed by atoms with Crippen LogP contribution in [0.2, 0.25) is 0 Å². The average molecular weight is 409 g/mol. The van der Waals surface area contributed by atoms with Crippen LogP contribution in [0.15, 0.2) is 58.5 Å². The zero-order chi connectivity index (χ0) is 20.4. The summed E-state index contributed by atoms with van der Waals surface area (Å²) in [6.07, 6.45) is 0.113. The van der Waals surface area contributed by atoms with Gasteiger partial charge in [-0.25, -0.2) is 4.98 Å². The Kier molecular flexibility index (Phi) is 5.26. The molecule has 1 atom stereocenters. The van der Waals surface area contributed by atoms with E-state index in [4.69, 9.17) is 4.74 Å². The molecule has 29 heavy (non-hydrogen) atoms. The van der Waals surface area contributed by atoms with Crippen molar-refractivity contribution in [3.05, 3.63) is 75.6 Å². The van der Waals surface area contributed by atoms with E-state index in [0.717, 1.165) is 5.56 Å². The highest BCUT2D eigenvalue weighted by atomic mass is 32.2. The Morgan fingerprint density at radius 1 is 1.21 bits per heavy atom. The Labute approximate surface area is 171 Å². The first-order chi connectivity index (χ1) is 14.0. The molecule has 8 heteroatoms. The normalized spacial score (nSPS) is 15.5. The molecule has 0 bridgehead atoms. The standard InChI is InChI=1S/C21H19N3O4S/c1-28-16-9-13(7-8-15(16)25)14-10-17(26)22-19-18(14)20(27)24-21(23-19)29-11-12-5-3-2-4-6-12/h2-9,14,25H,10-11H2,1H3,(H2,22,23,24,26,27)/t14-/m1/s1. The van der Waals surface area contributed by atoms with Crippen LogP contribution in [0.1, 0.15) is 29.0 Å². The van der Waals surface area contributed by atoms with Crippen molar-refractivity contribution in [2.24, 2.45) is 0 Å². The van der Waals surface area contributed by atoms with Gasteiger partial charge >= 0.3 is 0 Å². The van der Waals surface area contributed by atoms with Crippen molar-refractivity contribution in [2.45, 2.75) is 23.2 Å². The Morgan fingerprint density at radius 3 is 2.76 bits per heavy atom. The van der Waals surface area contributed by atoms with Crippen molar-refractivity contribution in [3.8, 4) is 11.5 Å². The molecule has 0 saturated carbocycles. The molecule has 3 N–H and O–H groups in total. The van der Waals surface area contributed by atoms with Gasteiger partial charge in [0.05, 0.1) is 12.7 Å². The van der Waals surface area contributed by atoms with Crippen molar-refractivity contribution in [1.29, 1.82) is 0 Å². The minimum atomic E-state index is -0.474. The van der Waals surface area contributed by atoms with Crippen LogP contribution in [0.4, 0.5) is 5.82 Å². The number of phenols is 1. The molecule has 0 radical (unpaired) electrons. The number of hydrogen-bond donors (Lipinski definition) is 3. The van der Waals surface area contributed by atoms with Gasteiger partial charge in [0.2, 0.25) is 5.91 Å². The minimum Gasteiger partial charge on any atom is -0.504 e. The first kappa shape index (κ1) is 19.1. The third kappa shape index (κ3) is 3.97. The molecule has 2 heterocycles. The molecule has 1 amide bonds. The molecule has 7 nitrogen and oxygen atoms in total. The third-order valence-electron chi connectivity index (χ3n) is 4.75. The molecular weight excluding hydrogens is 390 g/mol. The van der Waals surface area contributed by atoms with Gasteiger partial charge < -0.3 is 20.1 Å². The number of carbonyl (C=O) groups is 1. The number of carbonyl (C=O) groups excluding carboxylic acids is 1. The van der Waals surface area contributed by atoms with Gasteiger partial charge in [-0.05, 0) is 23.3 Å². The predicted octanol–water partition coefficient (Wildman–Crippen LogP) is 3.25. The maximum Gasteiger partial charge on any atom is 0.257 e. The number of anilines is 1. The first-order valence-electron chi connectivity index (χ1n) is 9.03. The molecule has 0 spiro atoms. The summed E-state index contributed by atoms with van der Waals surface area (Å²) in [5, 5.41) is 13.0. The molecule has 1 aromatic heterocycles. The lowest BCUT2D eigenvalue weighted by molar-refractivity contribution is -0.116. The number of ether oxygens (including phenoxy) is 1. The van der Waals surface area contributed by atoms with Gasteiger partial charge in [-0.1, -0.05) is 48.2 Å². The fourth-order valence-electron chi connectivity index (χ4n) is 3.34. The van der Waals surface area contributed by atoms with Gasteiger partial charge in [0.1, 0.15) is 5.82 Å². The van der Waals surface area contributed by atoms with E-state index in [-0.39, 0.29) is 35.2 Å². The molecule has 3 aromatic rings. The summed E-state index contributed by atoms with van der Waals surface area (Å²) in [5.41, 5.74) is 1.92. The predicted molar refractivity (Wildman–Crippen MR) is 111 cm³/mol. The van der Waals surface area contributed by atoms with Crippen molar-refractivity contribution < 1.29 is 14.6 Å². The van der Waals surface area contributed by atoms with Gasteiger partial charge in [0.25, 0.3) is 5.56 Å². The van der Waals surface area contributed by atoms with Crippen LogP contribution < -0.4 is 15.6 Å². The molecule has 4 rings (SSSR count). The first-order valence-corrected chi connectivity index (χ1v) is 10.0. The molecule has 0 saturated heterocycles. The van der Waals surface area contributed by atoms with E-state index in [9.17, 15) is 14.7 Å². The van der Waals surface area contributed by atoms with Crippen molar-refractivity contribution in [3.63, 3.8) is 0 Å². The smallest absolute Gasteiger partial charge is 0.257 e. The largest absolute Gasteiger partial charge is 0.504 e. The number of rotatable bonds is 5. The van der Waals surface area contributed by atoms with Crippen LogP contribution >= 0.6 is 11.8 Å². The molecule has 1 aliphatic rings. The number of amides is 1. The van der Waals surface area contributed by atoms with E-state index in [1.54, 1.807) is 12.1 Å². The average Bonchev–Trinajstić information content (AvgIpc) is 2.72. The number of hydrogen-bond acceptors (Lipinski definition) is 6. The van der Waals surface area contributed by atoms with Crippen LogP contribution in [0.25, 0.3) is 0 Å². The minimum absolute atomic E-state index is 0.00331. The summed E-state index contributed by atoms with van der Waals surface area (Å²) >= 11 is 1.40. The summed E-state index contributed by atoms with van der Waals surface area (Å²) < 4.78 is 5.16. The Morgan fingerprint density at radius 2 is 2.00 bits per heavy atom. The second-order valence-corrected chi connectivity index (χ2v) is 7.61.